The Hall–Kier alpha value is -3.86. The van der Waals surface area contributed by atoms with E-state index >= 15 is 0 Å². The monoisotopic (exact) mass is 439 g/mol. The maximum atomic E-state index is 13.6. The van der Waals surface area contributed by atoms with E-state index in [1.165, 1.54) is 0 Å². The average molecular weight is 440 g/mol. The summed E-state index contributed by atoms with van der Waals surface area (Å²) in [6, 6.07) is 20.8. The van der Waals surface area contributed by atoms with Crippen LogP contribution in [0.5, 0.6) is 5.75 Å². The SMILES string of the molecule is COc1ccc(CCN2C(=O)c3oc4ccc(C)cc4c(=O)c3[C@@H]2c2ccc(C)cc2)cc1. The first-order valence-electron chi connectivity index (χ1n) is 11.0. The molecule has 4 aromatic rings. The highest BCUT2D eigenvalue weighted by Gasteiger charge is 2.42. The van der Waals surface area contributed by atoms with Crippen molar-refractivity contribution in [2.24, 2.45) is 0 Å². The van der Waals surface area contributed by atoms with Crippen LogP contribution in [-0.2, 0) is 6.42 Å². The van der Waals surface area contributed by atoms with Crippen molar-refractivity contribution >= 4 is 16.9 Å². The van der Waals surface area contributed by atoms with Gasteiger partial charge in [0, 0.05) is 6.54 Å². The lowest BCUT2D eigenvalue weighted by Crippen LogP contribution is -2.31. The summed E-state index contributed by atoms with van der Waals surface area (Å²) in [6.07, 6.45) is 0.652. The molecule has 1 aliphatic rings. The number of aryl methyl sites for hydroxylation is 2. The van der Waals surface area contributed by atoms with Gasteiger partial charge in [-0.05, 0) is 55.7 Å². The normalized spacial score (nSPS) is 15.2. The van der Waals surface area contributed by atoms with Crippen molar-refractivity contribution < 1.29 is 13.9 Å². The highest BCUT2D eigenvalue weighted by Crippen LogP contribution is 2.38. The summed E-state index contributed by atoms with van der Waals surface area (Å²) in [6.45, 7) is 4.42. The molecule has 5 nitrogen and oxygen atoms in total. The molecule has 5 rings (SSSR count). The first kappa shape index (κ1) is 21.0. The van der Waals surface area contributed by atoms with Crippen LogP contribution in [0.3, 0.4) is 0 Å². The average Bonchev–Trinajstić information content (AvgIpc) is 3.11. The van der Waals surface area contributed by atoms with Gasteiger partial charge in [0.15, 0.2) is 5.43 Å². The topological polar surface area (TPSA) is 59.8 Å². The first-order valence-corrected chi connectivity index (χ1v) is 11.0. The van der Waals surface area contributed by atoms with Gasteiger partial charge in [-0.15, -0.1) is 0 Å². The lowest BCUT2D eigenvalue weighted by Gasteiger charge is -2.25. The van der Waals surface area contributed by atoms with E-state index in [0.29, 0.717) is 29.5 Å². The van der Waals surface area contributed by atoms with Gasteiger partial charge in [0.25, 0.3) is 5.91 Å². The molecular formula is C28H25NO4. The number of hydrogen-bond acceptors (Lipinski definition) is 4. The highest BCUT2D eigenvalue weighted by atomic mass is 16.5. The van der Waals surface area contributed by atoms with E-state index < -0.39 is 6.04 Å². The summed E-state index contributed by atoms with van der Waals surface area (Å²) in [5.41, 5.74) is 4.82. The van der Waals surface area contributed by atoms with E-state index in [1.54, 1.807) is 18.1 Å². The Bertz CT molecular complexity index is 1400. The predicted molar refractivity (Wildman–Crippen MR) is 128 cm³/mol. The molecule has 0 unspecified atom stereocenters. The van der Waals surface area contributed by atoms with Crippen molar-refractivity contribution in [1.82, 2.24) is 4.90 Å². The summed E-state index contributed by atoms with van der Waals surface area (Å²) in [5.74, 6) is 0.693. The number of nitrogens with zero attached hydrogens (tertiary/aromatic N) is 1. The van der Waals surface area contributed by atoms with Crippen molar-refractivity contribution in [3.05, 3.63) is 111 Å². The smallest absolute Gasteiger partial charge is 0.290 e. The number of amides is 1. The zero-order valence-electron chi connectivity index (χ0n) is 18.9. The number of rotatable bonds is 5. The summed E-state index contributed by atoms with van der Waals surface area (Å²) in [7, 11) is 1.64. The molecule has 0 radical (unpaired) electrons. The molecule has 0 N–H and O–H groups in total. The molecule has 1 aliphatic heterocycles. The lowest BCUT2D eigenvalue weighted by atomic mass is 9.97. The summed E-state index contributed by atoms with van der Waals surface area (Å²) in [4.78, 5) is 28.9. The van der Waals surface area contributed by atoms with Crippen LogP contribution in [0, 0.1) is 13.8 Å². The molecule has 3 aromatic carbocycles. The third-order valence-corrected chi connectivity index (χ3v) is 6.31. The third kappa shape index (κ3) is 3.69. The first-order chi connectivity index (χ1) is 16.0. The Morgan fingerprint density at radius 2 is 1.61 bits per heavy atom. The molecule has 0 aliphatic carbocycles. The fourth-order valence-corrected chi connectivity index (χ4v) is 4.50. The van der Waals surface area contributed by atoms with Crippen LogP contribution in [0.25, 0.3) is 11.0 Å². The zero-order valence-corrected chi connectivity index (χ0v) is 18.9. The second kappa shape index (κ2) is 8.24. The number of methoxy groups -OCH3 is 1. The molecule has 0 saturated heterocycles. The molecule has 166 valence electrons. The highest BCUT2D eigenvalue weighted by molar-refractivity contribution is 5.99. The maximum Gasteiger partial charge on any atom is 0.290 e. The van der Waals surface area contributed by atoms with E-state index in [1.807, 2.05) is 74.5 Å². The molecule has 0 bridgehead atoms. The van der Waals surface area contributed by atoms with Gasteiger partial charge in [0.1, 0.15) is 11.3 Å². The van der Waals surface area contributed by atoms with Crippen molar-refractivity contribution in [1.29, 1.82) is 0 Å². The van der Waals surface area contributed by atoms with Gasteiger partial charge < -0.3 is 14.1 Å². The van der Waals surface area contributed by atoms with Crippen LogP contribution in [0.2, 0.25) is 0 Å². The van der Waals surface area contributed by atoms with Crippen LogP contribution in [0.1, 0.15) is 44.4 Å². The molecule has 1 aromatic heterocycles. The second-order valence-corrected chi connectivity index (χ2v) is 8.58. The largest absolute Gasteiger partial charge is 0.497 e. The third-order valence-electron chi connectivity index (χ3n) is 6.31. The van der Waals surface area contributed by atoms with Crippen LogP contribution in [0.4, 0.5) is 0 Å². The fourth-order valence-electron chi connectivity index (χ4n) is 4.50. The van der Waals surface area contributed by atoms with Crippen molar-refractivity contribution in [3.8, 4) is 5.75 Å². The molecule has 2 heterocycles. The molecule has 0 saturated carbocycles. The second-order valence-electron chi connectivity index (χ2n) is 8.58. The summed E-state index contributed by atoms with van der Waals surface area (Å²) >= 11 is 0. The minimum Gasteiger partial charge on any atom is -0.497 e. The van der Waals surface area contributed by atoms with E-state index in [2.05, 4.69) is 0 Å². The van der Waals surface area contributed by atoms with Gasteiger partial charge in [0.2, 0.25) is 5.76 Å². The van der Waals surface area contributed by atoms with E-state index in [0.717, 1.165) is 28.0 Å². The molecule has 33 heavy (non-hydrogen) atoms. The van der Waals surface area contributed by atoms with Crippen LogP contribution < -0.4 is 10.2 Å². The molecule has 1 amide bonds. The summed E-state index contributed by atoms with van der Waals surface area (Å²) in [5, 5.41) is 0.510. The van der Waals surface area contributed by atoms with Crippen molar-refractivity contribution in [3.63, 3.8) is 0 Å². The van der Waals surface area contributed by atoms with Gasteiger partial charge in [-0.25, -0.2) is 0 Å². The molecule has 0 spiro atoms. The fraction of sp³-hybridized carbons (Fsp3) is 0.214. The van der Waals surface area contributed by atoms with Gasteiger partial charge in [0.05, 0.1) is 24.1 Å². The van der Waals surface area contributed by atoms with Gasteiger partial charge in [-0.3, -0.25) is 9.59 Å². The Kier molecular flexibility index (Phi) is 5.25. The molecule has 0 fully saturated rings. The number of benzene rings is 3. The minimum absolute atomic E-state index is 0.138. The van der Waals surface area contributed by atoms with Gasteiger partial charge in [-0.2, -0.15) is 0 Å². The molecule has 5 heteroatoms. The molecular weight excluding hydrogens is 414 g/mol. The zero-order chi connectivity index (χ0) is 23.1. The Morgan fingerprint density at radius 3 is 2.30 bits per heavy atom. The van der Waals surface area contributed by atoms with E-state index in [4.69, 9.17) is 9.15 Å². The quantitative estimate of drug-likeness (QED) is 0.429. The van der Waals surface area contributed by atoms with Gasteiger partial charge >= 0.3 is 0 Å². The lowest BCUT2D eigenvalue weighted by molar-refractivity contribution is 0.0730. The van der Waals surface area contributed by atoms with Crippen molar-refractivity contribution in [2.45, 2.75) is 26.3 Å². The minimum atomic E-state index is -0.479. The summed E-state index contributed by atoms with van der Waals surface area (Å²) < 4.78 is 11.3. The maximum absolute atomic E-state index is 13.6. The molecule has 1 atom stereocenters. The number of fused-ring (bicyclic) bond motifs is 2. The standard InChI is InChI=1S/C28H25NO4/c1-17-4-9-20(10-5-17)25-24-26(30)22-16-18(2)6-13-23(22)33-27(24)28(31)29(25)15-14-19-7-11-21(32-3)12-8-19/h4-13,16,25H,14-15H2,1-3H3/t25-/m0/s1. The van der Waals surface area contributed by atoms with E-state index in [9.17, 15) is 9.59 Å². The predicted octanol–water partition coefficient (Wildman–Crippen LogP) is 5.21. The Labute approximate surface area is 192 Å². The van der Waals surface area contributed by atoms with Crippen molar-refractivity contribution in [2.75, 3.05) is 13.7 Å². The number of ether oxygens (including phenoxy) is 1. The van der Waals surface area contributed by atoms with E-state index in [-0.39, 0.29) is 17.1 Å². The Balaban J connectivity index is 1.60. The van der Waals surface area contributed by atoms with Crippen LogP contribution in [0.15, 0.2) is 75.9 Å². The number of carbonyl (C=O) groups excluding carboxylic acids is 1. The van der Waals surface area contributed by atoms with Crippen LogP contribution in [-0.4, -0.2) is 24.5 Å². The Morgan fingerprint density at radius 1 is 0.909 bits per heavy atom. The number of hydrogen-bond donors (Lipinski definition) is 0. The number of carbonyl (C=O) groups is 1. The van der Waals surface area contributed by atoms with Gasteiger partial charge in [-0.1, -0.05) is 53.6 Å². The van der Waals surface area contributed by atoms with Crippen LogP contribution >= 0.6 is 0 Å².